The number of aromatic carboxylic acids is 1. The van der Waals surface area contributed by atoms with E-state index in [1.165, 1.54) is 5.56 Å². The van der Waals surface area contributed by atoms with Gasteiger partial charge in [0.15, 0.2) is 5.75 Å². The monoisotopic (exact) mass is 269 g/mol. The summed E-state index contributed by atoms with van der Waals surface area (Å²) in [7, 11) is 0. The van der Waals surface area contributed by atoms with Crippen LogP contribution >= 0.6 is 0 Å². The maximum atomic E-state index is 11.2. The highest BCUT2D eigenvalue weighted by Gasteiger charge is 2.38. The molecule has 0 aliphatic carbocycles. The maximum Gasteiger partial charge on any atom is 0.339 e. The summed E-state index contributed by atoms with van der Waals surface area (Å²) in [6, 6.07) is 13.0. The van der Waals surface area contributed by atoms with Crippen molar-refractivity contribution in [3.05, 3.63) is 59.2 Å². The Hall–Kier alpha value is -2.49. The van der Waals surface area contributed by atoms with E-state index >= 15 is 0 Å². The fourth-order valence-electron chi connectivity index (χ4n) is 2.40. The molecule has 0 amide bonds. The quantitative estimate of drug-likeness (QED) is 0.877. The summed E-state index contributed by atoms with van der Waals surface area (Å²) in [6.07, 6.45) is 0. The van der Waals surface area contributed by atoms with Crippen molar-refractivity contribution in [1.29, 1.82) is 0 Å². The van der Waals surface area contributed by atoms with Crippen molar-refractivity contribution >= 4 is 11.7 Å². The zero-order valence-corrected chi connectivity index (χ0v) is 11.3. The van der Waals surface area contributed by atoms with E-state index in [-0.39, 0.29) is 5.56 Å². The molecule has 1 unspecified atom stereocenters. The van der Waals surface area contributed by atoms with Gasteiger partial charge in [-0.15, -0.1) is 0 Å². The van der Waals surface area contributed by atoms with Crippen molar-refractivity contribution in [3.8, 4) is 5.75 Å². The number of benzene rings is 2. The van der Waals surface area contributed by atoms with Gasteiger partial charge in [-0.05, 0) is 26.0 Å². The molecule has 4 nitrogen and oxygen atoms in total. The average molecular weight is 269 g/mol. The van der Waals surface area contributed by atoms with E-state index in [9.17, 15) is 9.90 Å². The topological polar surface area (TPSA) is 58.6 Å². The third-order valence-electron chi connectivity index (χ3n) is 3.53. The molecule has 0 saturated carbocycles. The first-order valence-corrected chi connectivity index (χ1v) is 6.40. The van der Waals surface area contributed by atoms with Gasteiger partial charge in [0, 0.05) is 5.56 Å². The Kier molecular flexibility index (Phi) is 2.67. The van der Waals surface area contributed by atoms with Crippen LogP contribution in [0.25, 0.3) is 0 Å². The summed E-state index contributed by atoms with van der Waals surface area (Å²) in [5.74, 6) is -0.597. The second-order valence-electron chi connectivity index (χ2n) is 5.11. The molecule has 3 rings (SSSR count). The number of hydrogen-bond donors (Lipinski definition) is 2. The Balaban J connectivity index is 2.03. The predicted molar refractivity (Wildman–Crippen MR) is 76.2 cm³/mol. The van der Waals surface area contributed by atoms with Crippen LogP contribution in [0.2, 0.25) is 0 Å². The summed E-state index contributed by atoms with van der Waals surface area (Å²) >= 11 is 0. The summed E-state index contributed by atoms with van der Waals surface area (Å²) in [6.45, 7) is 3.91. The molecule has 102 valence electrons. The zero-order valence-electron chi connectivity index (χ0n) is 11.3. The molecule has 0 radical (unpaired) electrons. The molecule has 1 atom stereocenters. The highest BCUT2D eigenvalue weighted by atomic mass is 16.5. The van der Waals surface area contributed by atoms with E-state index in [2.05, 4.69) is 5.32 Å². The van der Waals surface area contributed by atoms with Crippen molar-refractivity contribution in [1.82, 2.24) is 0 Å². The molecule has 1 aliphatic heterocycles. The third-order valence-corrected chi connectivity index (χ3v) is 3.53. The minimum atomic E-state index is -0.989. The van der Waals surface area contributed by atoms with Crippen molar-refractivity contribution in [3.63, 3.8) is 0 Å². The molecule has 1 heterocycles. The van der Waals surface area contributed by atoms with Crippen molar-refractivity contribution in [2.24, 2.45) is 0 Å². The van der Waals surface area contributed by atoms with E-state index in [1.807, 2.05) is 44.2 Å². The molecule has 4 heteroatoms. The molecule has 0 saturated heterocycles. The number of carboxylic acids is 1. The van der Waals surface area contributed by atoms with Crippen molar-refractivity contribution < 1.29 is 14.6 Å². The summed E-state index contributed by atoms with van der Waals surface area (Å²) < 4.78 is 5.92. The van der Waals surface area contributed by atoms with Crippen LogP contribution in [0.15, 0.2) is 42.5 Å². The SMILES string of the molecule is Cc1ccc(C2(C)Nc3cccc(C(=O)O)c3O2)cc1. The van der Waals surface area contributed by atoms with Crippen LogP contribution in [0.1, 0.15) is 28.4 Å². The number of anilines is 1. The standard InChI is InChI=1S/C16H15NO3/c1-10-6-8-11(9-7-10)16(2)17-13-5-3-4-12(15(18)19)14(13)20-16/h3-9,17H,1-2H3,(H,18,19). The van der Waals surface area contributed by atoms with Gasteiger partial charge >= 0.3 is 5.97 Å². The summed E-state index contributed by atoms with van der Waals surface area (Å²) in [5, 5.41) is 12.5. The zero-order chi connectivity index (χ0) is 14.3. The molecule has 2 aromatic rings. The molecule has 0 spiro atoms. The van der Waals surface area contributed by atoms with Gasteiger partial charge in [-0.3, -0.25) is 0 Å². The molecule has 0 aromatic heterocycles. The van der Waals surface area contributed by atoms with Crippen LogP contribution in [0.3, 0.4) is 0 Å². The number of hydrogen-bond acceptors (Lipinski definition) is 3. The van der Waals surface area contributed by atoms with E-state index in [1.54, 1.807) is 12.1 Å². The lowest BCUT2D eigenvalue weighted by Gasteiger charge is -2.25. The minimum Gasteiger partial charge on any atom is -0.478 e. The smallest absolute Gasteiger partial charge is 0.339 e. The van der Waals surface area contributed by atoms with E-state index < -0.39 is 11.7 Å². The van der Waals surface area contributed by atoms with E-state index in [4.69, 9.17) is 4.74 Å². The Morgan fingerprint density at radius 3 is 2.55 bits per heavy atom. The number of rotatable bonds is 2. The molecule has 2 N–H and O–H groups in total. The van der Waals surface area contributed by atoms with Crippen LogP contribution in [0.4, 0.5) is 5.69 Å². The third kappa shape index (κ3) is 1.90. The largest absolute Gasteiger partial charge is 0.478 e. The highest BCUT2D eigenvalue weighted by Crippen LogP contribution is 2.43. The molecule has 2 aromatic carbocycles. The summed E-state index contributed by atoms with van der Waals surface area (Å²) in [4.78, 5) is 11.2. The Bertz CT molecular complexity index is 679. The molecular weight excluding hydrogens is 254 g/mol. The first-order valence-electron chi connectivity index (χ1n) is 6.40. The number of carboxylic acid groups (broad SMARTS) is 1. The van der Waals surface area contributed by atoms with E-state index in [0.717, 1.165) is 5.56 Å². The van der Waals surface area contributed by atoms with Gasteiger partial charge in [-0.2, -0.15) is 0 Å². The number of ether oxygens (including phenoxy) is 1. The fourth-order valence-corrected chi connectivity index (χ4v) is 2.40. The predicted octanol–water partition coefficient (Wildman–Crippen LogP) is 3.37. The van der Waals surface area contributed by atoms with Gasteiger partial charge in [0.1, 0.15) is 5.56 Å². The van der Waals surface area contributed by atoms with Gasteiger partial charge in [0.05, 0.1) is 5.69 Å². The Labute approximate surface area is 117 Å². The number of aryl methyl sites for hydroxylation is 1. The lowest BCUT2D eigenvalue weighted by molar-refractivity contribution is 0.0684. The van der Waals surface area contributed by atoms with Crippen molar-refractivity contribution in [2.45, 2.75) is 19.6 Å². The van der Waals surface area contributed by atoms with Gasteiger partial charge in [-0.25, -0.2) is 4.79 Å². The fraction of sp³-hybridized carbons (Fsp3) is 0.188. The van der Waals surface area contributed by atoms with Gasteiger partial charge in [0.2, 0.25) is 5.72 Å². The van der Waals surface area contributed by atoms with E-state index in [0.29, 0.717) is 11.4 Å². The first kappa shape index (κ1) is 12.5. The van der Waals surface area contributed by atoms with Crippen LogP contribution in [-0.2, 0) is 5.72 Å². The minimum absolute atomic E-state index is 0.172. The molecule has 0 fully saturated rings. The second-order valence-corrected chi connectivity index (χ2v) is 5.11. The maximum absolute atomic E-state index is 11.2. The van der Waals surface area contributed by atoms with Gasteiger partial charge < -0.3 is 15.2 Å². The lowest BCUT2D eigenvalue weighted by atomic mass is 10.0. The number of carbonyl (C=O) groups is 1. The summed E-state index contributed by atoms with van der Waals surface area (Å²) in [5.41, 5.74) is 2.25. The van der Waals surface area contributed by atoms with Crippen molar-refractivity contribution in [2.75, 3.05) is 5.32 Å². The van der Waals surface area contributed by atoms with Crippen LogP contribution in [0, 0.1) is 6.92 Å². The number of para-hydroxylation sites is 1. The lowest BCUT2D eigenvalue weighted by Crippen LogP contribution is -2.33. The van der Waals surface area contributed by atoms with Gasteiger partial charge in [0.25, 0.3) is 0 Å². The number of fused-ring (bicyclic) bond motifs is 1. The number of nitrogens with one attached hydrogen (secondary N) is 1. The normalized spacial score (nSPS) is 19.9. The average Bonchev–Trinajstić information content (AvgIpc) is 2.76. The molecule has 0 bridgehead atoms. The van der Waals surface area contributed by atoms with Gasteiger partial charge in [-0.1, -0.05) is 35.9 Å². The highest BCUT2D eigenvalue weighted by molar-refractivity contribution is 5.94. The van der Waals surface area contributed by atoms with Crippen LogP contribution < -0.4 is 10.1 Å². The Morgan fingerprint density at radius 1 is 1.20 bits per heavy atom. The first-order chi connectivity index (χ1) is 9.49. The van der Waals surface area contributed by atoms with Crippen LogP contribution in [0.5, 0.6) is 5.75 Å². The van der Waals surface area contributed by atoms with Crippen LogP contribution in [-0.4, -0.2) is 11.1 Å². The Morgan fingerprint density at radius 2 is 1.90 bits per heavy atom. The molecular formula is C16H15NO3. The molecule has 1 aliphatic rings. The molecule has 20 heavy (non-hydrogen) atoms. The second kappa shape index (κ2) is 4.27.